The summed E-state index contributed by atoms with van der Waals surface area (Å²) < 4.78 is 0. The van der Waals surface area contributed by atoms with E-state index in [0.717, 1.165) is 69.8 Å². The van der Waals surface area contributed by atoms with Crippen LogP contribution in [0.25, 0.3) is 0 Å². The van der Waals surface area contributed by atoms with E-state index < -0.39 is 0 Å². The standard InChI is InChI=1S/C39H62N2O3/c1-11-27(12-2)33(43)40-21-22-41-34(44)39-18-15-24(3)26(5)31(39)28-13-14-30-36(8)23-25(4)32(42)35(6,7)29(36)16-17-38(30,10)37(28,9)19-20-39/h13,24,26-27,29-31H,4,11-12,14-23H2,1-3,5-10H3,(H,40,43)(H,41,44)/t24-,26+,29+,30-,31+,36+,37-,38-,39+/m1/s1. The molecule has 5 heteroatoms. The first-order valence-corrected chi connectivity index (χ1v) is 18.0. The van der Waals surface area contributed by atoms with Crippen molar-refractivity contribution in [1.82, 2.24) is 10.6 Å². The first-order chi connectivity index (χ1) is 20.5. The fraction of sp³-hybridized carbons (Fsp3) is 0.821. The minimum absolute atomic E-state index is 0.0277. The lowest BCUT2D eigenvalue weighted by atomic mass is 9.33. The van der Waals surface area contributed by atoms with Crippen LogP contribution >= 0.6 is 0 Å². The number of nitrogens with one attached hydrogen (secondary N) is 2. The molecule has 0 bridgehead atoms. The topological polar surface area (TPSA) is 75.3 Å². The van der Waals surface area contributed by atoms with Crippen molar-refractivity contribution in [3.8, 4) is 0 Å². The van der Waals surface area contributed by atoms with Crippen LogP contribution in [0.1, 0.15) is 127 Å². The van der Waals surface area contributed by atoms with Gasteiger partial charge in [0.05, 0.1) is 5.41 Å². The highest BCUT2D eigenvalue weighted by Gasteiger charge is 2.69. The Morgan fingerprint density at radius 1 is 0.932 bits per heavy atom. The molecule has 5 aliphatic rings. The first kappa shape index (κ1) is 33.5. The second-order valence-corrected chi connectivity index (χ2v) is 17.2. The van der Waals surface area contributed by atoms with Gasteiger partial charge in [0.15, 0.2) is 5.78 Å². The van der Waals surface area contributed by atoms with E-state index in [9.17, 15) is 14.4 Å². The number of hydrogen-bond donors (Lipinski definition) is 2. The molecule has 0 aliphatic heterocycles. The van der Waals surface area contributed by atoms with Crippen LogP contribution in [0, 0.1) is 62.6 Å². The number of carbonyl (C=O) groups is 3. The van der Waals surface area contributed by atoms with E-state index in [0.29, 0.717) is 36.8 Å². The number of fused-ring (bicyclic) bond motifs is 7. The third-order valence-corrected chi connectivity index (χ3v) is 15.1. The van der Waals surface area contributed by atoms with E-state index in [4.69, 9.17) is 0 Å². The zero-order valence-electron chi connectivity index (χ0n) is 29.5. The van der Waals surface area contributed by atoms with Gasteiger partial charge >= 0.3 is 0 Å². The van der Waals surface area contributed by atoms with Crippen molar-refractivity contribution >= 4 is 17.6 Å². The number of amides is 2. The van der Waals surface area contributed by atoms with E-state index >= 15 is 0 Å². The maximum Gasteiger partial charge on any atom is 0.226 e. The summed E-state index contributed by atoms with van der Waals surface area (Å²) in [4.78, 5) is 40.2. The number of hydrogen-bond acceptors (Lipinski definition) is 3. The Hall–Kier alpha value is -1.91. The molecule has 2 amide bonds. The summed E-state index contributed by atoms with van der Waals surface area (Å²) in [5.74, 6) is 2.74. The molecule has 9 atom stereocenters. The summed E-state index contributed by atoms with van der Waals surface area (Å²) in [6.07, 6.45) is 12.3. The number of allylic oxidation sites excluding steroid dienone is 3. The van der Waals surface area contributed by atoms with Gasteiger partial charge < -0.3 is 10.6 Å². The maximum absolute atomic E-state index is 14.3. The average molecular weight is 607 g/mol. The van der Waals surface area contributed by atoms with Crippen LogP contribution in [0.4, 0.5) is 0 Å². The second-order valence-electron chi connectivity index (χ2n) is 17.2. The third-order valence-electron chi connectivity index (χ3n) is 15.1. The average Bonchev–Trinajstić information content (AvgIpc) is 2.96. The molecular weight excluding hydrogens is 544 g/mol. The summed E-state index contributed by atoms with van der Waals surface area (Å²) in [5.41, 5.74) is 1.82. The number of carbonyl (C=O) groups excluding carboxylic acids is 3. The number of ketones is 1. The summed E-state index contributed by atoms with van der Waals surface area (Å²) in [7, 11) is 0. The highest BCUT2D eigenvalue weighted by Crippen LogP contribution is 2.75. The molecule has 44 heavy (non-hydrogen) atoms. The minimum atomic E-state index is -0.380. The van der Waals surface area contributed by atoms with Gasteiger partial charge in [-0.3, -0.25) is 14.4 Å². The van der Waals surface area contributed by atoms with E-state index in [1.54, 1.807) is 5.57 Å². The van der Waals surface area contributed by atoms with E-state index in [-0.39, 0.29) is 56.5 Å². The van der Waals surface area contributed by atoms with Gasteiger partial charge in [-0.2, -0.15) is 0 Å². The van der Waals surface area contributed by atoms with Crippen LogP contribution in [0.5, 0.6) is 0 Å². The van der Waals surface area contributed by atoms with Gasteiger partial charge in [-0.05, 0) is 116 Å². The van der Waals surface area contributed by atoms with Gasteiger partial charge in [0.2, 0.25) is 11.8 Å². The molecule has 4 fully saturated rings. The zero-order chi connectivity index (χ0) is 32.5. The molecule has 5 aliphatic carbocycles. The predicted molar refractivity (Wildman–Crippen MR) is 179 cm³/mol. The van der Waals surface area contributed by atoms with Gasteiger partial charge in [0.25, 0.3) is 0 Å². The normalized spacial score (nSPS) is 42.8. The fourth-order valence-electron chi connectivity index (χ4n) is 12.2. The molecule has 0 aromatic heterocycles. The summed E-state index contributed by atoms with van der Waals surface area (Å²) in [6, 6.07) is 0. The molecule has 5 nitrogen and oxygen atoms in total. The Labute approximate surface area is 268 Å². The van der Waals surface area contributed by atoms with E-state index in [1.165, 1.54) is 0 Å². The van der Waals surface area contributed by atoms with Crippen molar-refractivity contribution in [2.24, 2.45) is 62.6 Å². The monoisotopic (exact) mass is 606 g/mol. The van der Waals surface area contributed by atoms with Gasteiger partial charge in [-0.15, -0.1) is 0 Å². The summed E-state index contributed by atoms with van der Waals surface area (Å²) in [5, 5.41) is 6.38. The zero-order valence-corrected chi connectivity index (χ0v) is 29.5. The van der Waals surface area contributed by atoms with E-state index in [2.05, 4.69) is 85.6 Å². The summed E-state index contributed by atoms with van der Waals surface area (Å²) >= 11 is 0. The van der Waals surface area contributed by atoms with Gasteiger partial charge in [-0.25, -0.2) is 0 Å². The molecule has 246 valence electrons. The van der Waals surface area contributed by atoms with Crippen LogP contribution in [-0.4, -0.2) is 30.7 Å². The van der Waals surface area contributed by atoms with Gasteiger partial charge in [0.1, 0.15) is 0 Å². The van der Waals surface area contributed by atoms with Gasteiger partial charge in [0, 0.05) is 24.4 Å². The number of rotatable bonds is 7. The van der Waals surface area contributed by atoms with Crippen molar-refractivity contribution < 1.29 is 14.4 Å². The SMILES string of the molecule is C=C1C[C@]2(C)[C@H]3CC=C4[C@@H]5[C@@H](C)[C@H](C)CC[C@]5(C(=O)NCCNC(=O)C(CC)CC)CC[C@@]4(C)[C@]3(C)CC[C@H]2C(C)(C)C1=O. The fourth-order valence-corrected chi connectivity index (χ4v) is 12.2. The van der Waals surface area contributed by atoms with Crippen LogP contribution < -0.4 is 10.6 Å². The Balaban J connectivity index is 1.44. The lowest BCUT2D eigenvalue weighted by Crippen LogP contribution is -2.65. The molecule has 0 radical (unpaired) electrons. The number of Topliss-reactive ketones (excluding diaryl/α,β-unsaturated/α-hetero) is 1. The Morgan fingerprint density at radius 2 is 1.59 bits per heavy atom. The van der Waals surface area contributed by atoms with Crippen LogP contribution in [0.2, 0.25) is 0 Å². The largest absolute Gasteiger partial charge is 0.354 e. The predicted octanol–water partition coefficient (Wildman–Crippen LogP) is 8.05. The Morgan fingerprint density at radius 3 is 2.25 bits per heavy atom. The van der Waals surface area contributed by atoms with Crippen molar-refractivity contribution in [1.29, 1.82) is 0 Å². The maximum atomic E-state index is 14.3. The van der Waals surface area contributed by atoms with Crippen LogP contribution in [0.15, 0.2) is 23.8 Å². The highest BCUT2D eigenvalue weighted by atomic mass is 16.2. The lowest BCUT2D eigenvalue weighted by molar-refractivity contribution is -0.181. The Bertz CT molecular complexity index is 1230. The lowest BCUT2D eigenvalue weighted by Gasteiger charge is -2.71. The van der Waals surface area contributed by atoms with Crippen molar-refractivity contribution in [2.45, 2.75) is 127 Å². The minimum Gasteiger partial charge on any atom is -0.354 e. The van der Waals surface area contributed by atoms with E-state index in [1.807, 2.05) is 0 Å². The van der Waals surface area contributed by atoms with Crippen molar-refractivity contribution in [2.75, 3.05) is 13.1 Å². The van der Waals surface area contributed by atoms with Crippen LogP contribution in [-0.2, 0) is 14.4 Å². The van der Waals surface area contributed by atoms with Gasteiger partial charge in [-0.1, -0.05) is 80.5 Å². The van der Waals surface area contributed by atoms with Crippen molar-refractivity contribution in [3.05, 3.63) is 23.8 Å². The third kappa shape index (κ3) is 4.62. The highest BCUT2D eigenvalue weighted by molar-refractivity contribution is 6.00. The molecule has 0 aromatic rings. The molecule has 5 rings (SSSR count). The first-order valence-electron chi connectivity index (χ1n) is 18.0. The summed E-state index contributed by atoms with van der Waals surface area (Å²) in [6.45, 7) is 26.1. The van der Waals surface area contributed by atoms with Crippen LogP contribution in [0.3, 0.4) is 0 Å². The molecule has 2 N–H and O–H groups in total. The molecule has 0 heterocycles. The molecule has 4 saturated carbocycles. The molecule has 0 spiro atoms. The second kappa shape index (κ2) is 11.4. The molecular formula is C39H62N2O3. The smallest absolute Gasteiger partial charge is 0.226 e. The Kier molecular flexibility index (Phi) is 8.67. The molecule has 0 unspecified atom stereocenters. The quantitative estimate of drug-likeness (QED) is 0.175. The molecule has 0 saturated heterocycles. The van der Waals surface area contributed by atoms with Crippen molar-refractivity contribution in [3.63, 3.8) is 0 Å². The molecule has 0 aromatic carbocycles.